The Kier molecular flexibility index (Phi) is 4.83. The lowest BCUT2D eigenvalue weighted by atomic mass is 9.90. The van der Waals surface area contributed by atoms with Gasteiger partial charge in [0.1, 0.15) is 17.1 Å². The molecule has 1 atom stereocenters. The Morgan fingerprint density at radius 2 is 2.29 bits per heavy atom. The van der Waals surface area contributed by atoms with Gasteiger partial charge in [-0.15, -0.1) is 0 Å². The van der Waals surface area contributed by atoms with Gasteiger partial charge in [-0.3, -0.25) is 9.69 Å². The molecule has 0 radical (unpaired) electrons. The average Bonchev–Trinajstić information content (AvgIpc) is 2.85. The number of ether oxygens (including phenoxy) is 1. The normalized spacial score (nSPS) is 22.4. The zero-order valence-corrected chi connectivity index (χ0v) is 12.6. The molecular weight excluding hydrogens is 273 g/mol. The largest absolute Gasteiger partial charge is 0.497 e. The highest BCUT2D eigenvalue weighted by molar-refractivity contribution is 5.79. The molecule has 0 aromatic heterocycles. The van der Waals surface area contributed by atoms with E-state index in [4.69, 9.17) is 4.74 Å². The highest BCUT2D eigenvalue weighted by atomic mass is 19.1. The minimum atomic E-state index is -0.846. The van der Waals surface area contributed by atoms with Crippen LogP contribution >= 0.6 is 0 Å². The topological polar surface area (TPSA) is 49.8 Å². The van der Waals surface area contributed by atoms with Gasteiger partial charge in [0, 0.05) is 18.2 Å². The molecular formula is C16H22FNO3. The lowest BCUT2D eigenvalue weighted by Gasteiger charge is -2.34. The molecule has 1 aliphatic rings. The predicted molar refractivity (Wildman–Crippen MR) is 77.9 cm³/mol. The molecule has 1 aromatic carbocycles. The van der Waals surface area contributed by atoms with Crippen LogP contribution in [-0.2, 0) is 11.3 Å². The van der Waals surface area contributed by atoms with Gasteiger partial charge in [-0.25, -0.2) is 4.39 Å². The number of carboxylic acid groups (broad SMARTS) is 1. The first-order chi connectivity index (χ1) is 10.0. The number of carboxylic acids is 1. The Bertz CT molecular complexity index is 520. The molecule has 0 aliphatic carbocycles. The molecule has 1 saturated heterocycles. The van der Waals surface area contributed by atoms with Crippen LogP contribution in [0.3, 0.4) is 0 Å². The fourth-order valence-electron chi connectivity index (χ4n) is 3.20. The summed E-state index contributed by atoms with van der Waals surface area (Å²) in [5.41, 5.74) is -0.333. The number of rotatable bonds is 6. The second-order valence-corrected chi connectivity index (χ2v) is 5.57. The summed E-state index contributed by atoms with van der Waals surface area (Å²) in [5.74, 6) is -0.677. The molecule has 1 unspecified atom stereocenters. The minimum Gasteiger partial charge on any atom is -0.497 e. The highest BCUT2D eigenvalue weighted by Crippen LogP contribution is 2.35. The van der Waals surface area contributed by atoms with Gasteiger partial charge in [0.05, 0.1) is 7.11 Å². The maximum atomic E-state index is 14.1. The SMILES string of the molecule is CCCC1(C(=O)O)CCCN1Cc1ccc(OC)cc1F. The van der Waals surface area contributed by atoms with E-state index in [1.807, 2.05) is 11.8 Å². The van der Waals surface area contributed by atoms with Crippen molar-refractivity contribution in [2.24, 2.45) is 0 Å². The van der Waals surface area contributed by atoms with Crippen molar-refractivity contribution in [3.63, 3.8) is 0 Å². The fourth-order valence-corrected chi connectivity index (χ4v) is 3.20. The highest BCUT2D eigenvalue weighted by Gasteiger charge is 2.46. The summed E-state index contributed by atoms with van der Waals surface area (Å²) in [7, 11) is 1.49. The first-order valence-electron chi connectivity index (χ1n) is 7.34. The van der Waals surface area contributed by atoms with Crippen LogP contribution in [0.1, 0.15) is 38.2 Å². The predicted octanol–water partition coefficient (Wildman–Crippen LogP) is 3.05. The molecule has 0 amide bonds. The number of halogens is 1. The molecule has 116 valence electrons. The van der Waals surface area contributed by atoms with Crippen LogP contribution in [0, 0.1) is 5.82 Å². The summed E-state index contributed by atoms with van der Waals surface area (Å²) >= 11 is 0. The van der Waals surface area contributed by atoms with Crippen molar-refractivity contribution in [3.8, 4) is 5.75 Å². The first-order valence-corrected chi connectivity index (χ1v) is 7.34. The Morgan fingerprint density at radius 1 is 1.52 bits per heavy atom. The third-order valence-electron chi connectivity index (χ3n) is 4.31. The van der Waals surface area contributed by atoms with Crippen molar-refractivity contribution < 1.29 is 19.0 Å². The smallest absolute Gasteiger partial charge is 0.324 e. The van der Waals surface area contributed by atoms with E-state index >= 15 is 0 Å². The van der Waals surface area contributed by atoms with Gasteiger partial charge in [-0.1, -0.05) is 19.4 Å². The average molecular weight is 295 g/mol. The Morgan fingerprint density at radius 3 is 2.86 bits per heavy atom. The van der Waals surface area contributed by atoms with Crippen LogP contribution in [0.4, 0.5) is 4.39 Å². The van der Waals surface area contributed by atoms with E-state index in [0.717, 1.165) is 12.8 Å². The second kappa shape index (κ2) is 6.43. The maximum Gasteiger partial charge on any atom is 0.324 e. The maximum absolute atomic E-state index is 14.1. The van der Waals surface area contributed by atoms with E-state index in [0.29, 0.717) is 37.2 Å². The van der Waals surface area contributed by atoms with Gasteiger partial charge < -0.3 is 9.84 Å². The quantitative estimate of drug-likeness (QED) is 0.876. The molecule has 1 heterocycles. The zero-order chi connectivity index (χ0) is 15.5. The van der Waals surface area contributed by atoms with Crippen molar-refractivity contribution in [2.45, 2.75) is 44.7 Å². The van der Waals surface area contributed by atoms with Crippen molar-refractivity contribution in [1.29, 1.82) is 0 Å². The third-order valence-corrected chi connectivity index (χ3v) is 4.31. The molecule has 1 fully saturated rings. The Labute approximate surface area is 124 Å². The molecule has 0 saturated carbocycles. The van der Waals surface area contributed by atoms with Crippen LogP contribution in [0.2, 0.25) is 0 Å². The molecule has 0 bridgehead atoms. The van der Waals surface area contributed by atoms with Gasteiger partial charge >= 0.3 is 5.97 Å². The van der Waals surface area contributed by atoms with Crippen molar-refractivity contribution in [1.82, 2.24) is 4.90 Å². The molecule has 21 heavy (non-hydrogen) atoms. The fraction of sp³-hybridized carbons (Fsp3) is 0.562. The van der Waals surface area contributed by atoms with Crippen LogP contribution in [0.15, 0.2) is 18.2 Å². The van der Waals surface area contributed by atoms with E-state index in [2.05, 4.69) is 0 Å². The van der Waals surface area contributed by atoms with Crippen molar-refractivity contribution in [2.75, 3.05) is 13.7 Å². The van der Waals surface area contributed by atoms with Crippen LogP contribution < -0.4 is 4.74 Å². The number of carbonyl (C=O) groups is 1. The summed E-state index contributed by atoms with van der Waals surface area (Å²) in [6, 6.07) is 4.72. The standard InChI is InChI=1S/C16H22FNO3/c1-3-7-16(15(19)20)8-4-9-18(16)11-12-5-6-13(21-2)10-14(12)17/h5-6,10H,3-4,7-9,11H2,1-2H3,(H,19,20). The van der Waals surface area contributed by atoms with Gasteiger partial charge in [0.2, 0.25) is 0 Å². The molecule has 2 rings (SSSR count). The van der Waals surface area contributed by atoms with Gasteiger partial charge in [-0.2, -0.15) is 0 Å². The molecule has 4 nitrogen and oxygen atoms in total. The van der Waals surface area contributed by atoms with E-state index in [9.17, 15) is 14.3 Å². The van der Waals surface area contributed by atoms with E-state index < -0.39 is 11.5 Å². The number of aliphatic carboxylic acids is 1. The first kappa shape index (κ1) is 15.8. The van der Waals surface area contributed by atoms with Crippen LogP contribution in [-0.4, -0.2) is 35.2 Å². The summed E-state index contributed by atoms with van der Waals surface area (Å²) in [6.45, 7) is 3.00. The monoisotopic (exact) mass is 295 g/mol. The van der Waals surface area contributed by atoms with Gasteiger partial charge in [0.25, 0.3) is 0 Å². The molecule has 1 aliphatic heterocycles. The Balaban J connectivity index is 2.23. The van der Waals surface area contributed by atoms with E-state index in [1.165, 1.54) is 13.2 Å². The van der Waals surface area contributed by atoms with Crippen LogP contribution in [0.25, 0.3) is 0 Å². The number of hydrogen-bond donors (Lipinski definition) is 1. The molecule has 0 spiro atoms. The number of likely N-dealkylation sites (tertiary alicyclic amines) is 1. The molecule has 5 heteroatoms. The molecule has 1 aromatic rings. The molecule has 1 N–H and O–H groups in total. The Hall–Kier alpha value is -1.62. The number of methoxy groups -OCH3 is 1. The lowest BCUT2D eigenvalue weighted by Crippen LogP contribution is -2.50. The number of benzene rings is 1. The summed E-state index contributed by atoms with van der Waals surface area (Å²) in [6.07, 6.45) is 2.87. The van der Waals surface area contributed by atoms with E-state index in [-0.39, 0.29) is 5.82 Å². The van der Waals surface area contributed by atoms with Crippen molar-refractivity contribution in [3.05, 3.63) is 29.6 Å². The van der Waals surface area contributed by atoms with Gasteiger partial charge in [-0.05, 0) is 31.9 Å². The minimum absolute atomic E-state index is 0.322. The summed E-state index contributed by atoms with van der Waals surface area (Å²) < 4.78 is 19.1. The zero-order valence-electron chi connectivity index (χ0n) is 12.6. The second-order valence-electron chi connectivity index (χ2n) is 5.57. The van der Waals surface area contributed by atoms with Crippen LogP contribution in [0.5, 0.6) is 5.75 Å². The van der Waals surface area contributed by atoms with Crippen molar-refractivity contribution >= 4 is 5.97 Å². The lowest BCUT2D eigenvalue weighted by molar-refractivity contribution is -0.150. The van der Waals surface area contributed by atoms with Gasteiger partial charge in [0.15, 0.2) is 0 Å². The number of nitrogens with zero attached hydrogens (tertiary/aromatic N) is 1. The number of hydrogen-bond acceptors (Lipinski definition) is 3. The summed E-state index contributed by atoms with van der Waals surface area (Å²) in [4.78, 5) is 13.7. The van der Waals surface area contributed by atoms with E-state index in [1.54, 1.807) is 12.1 Å². The third kappa shape index (κ3) is 3.02. The summed E-state index contributed by atoms with van der Waals surface area (Å²) in [5, 5.41) is 9.64.